The van der Waals surface area contributed by atoms with Crippen molar-refractivity contribution in [2.24, 2.45) is 0 Å². The second-order valence-corrected chi connectivity index (χ2v) is 8.84. The number of amides is 1. The SMILES string of the molecule is Cc1ccc(-c2cn3nc(C(=O)N[C@@H](c4ccc(F)cc4)C(C)(C)O)cc3c(=O)[nH]2)c(F)c1C. The summed E-state index contributed by atoms with van der Waals surface area (Å²) in [4.78, 5) is 28.3. The molecule has 2 heterocycles. The van der Waals surface area contributed by atoms with E-state index in [0.717, 1.165) is 5.56 Å². The van der Waals surface area contributed by atoms with Crippen molar-refractivity contribution in [2.45, 2.75) is 39.3 Å². The maximum Gasteiger partial charge on any atom is 0.274 e. The van der Waals surface area contributed by atoms with Crippen molar-refractivity contribution >= 4 is 11.4 Å². The lowest BCUT2D eigenvalue weighted by atomic mass is 9.91. The summed E-state index contributed by atoms with van der Waals surface area (Å²) in [6.07, 6.45) is 1.44. The summed E-state index contributed by atoms with van der Waals surface area (Å²) < 4.78 is 29.3. The minimum atomic E-state index is -1.38. The first-order valence-electron chi connectivity index (χ1n) is 10.6. The first-order valence-corrected chi connectivity index (χ1v) is 10.6. The van der Waals surface area contributed by atoms with Crippen LogP contribution in [0.3, 0.4) is 0 Å². The first kappa shape index (κ1) is 23.3. The predicted molar refractivity (Wildman–Crippen MR) is 124 cm³/mol. The molecule has 34 heavy (non-hydrogen) atoms. The summed E-state index contributed by atoms with van der Waals surface area (Å²) in [5.41, 5.74) is 0.284. The normalized spacial score (nSPS) is 12.7. The lowest BCUT2D eigenvalue weighted by molar-refractivity contribution is 0.0342. The van der Waals surface area contributed by atoms with E-state index in [4.69, 9.17) is 0 Å². The highest BCUT2D eigenvalue weighted by molar-refractivity contribution is 5.94. The van der Waals surface area contributed by atoms with E-state index in [9.17, 15) is 23.5 Å². The Morgan fingerprint density at radius 2 is 1.82 bits per heavy atom. The number of benzene rings is 2. The standard InChI is InChI=1S/C25H24F2N4O3/c1-13-5-10-17(21(27)14(13)2)19-12-31-20(24(33)28-19)11-18(30-31)23(32)29-22(25(3,4)34)15-6-8-16(26)9-7-15/h5-12,22,34H,1-4H3,(H,28,33)(H,29,32)/t22-/m0/s1. The number of halogens is 2. The monoisotopic (exact) mass is 466 g/mol. The Morgan fingerprint density at radius 3 is 2.47 bits per heavy atom. The van der Waals surface area contributed by atoms with Gasteiger partial charge in [0.15, 0.2) is 5.69 Å². The molecule has 0 radical (unpaired) electrons. The quantitative estimate of drug-likeness (QED) is 0.416. The van der Waals surface area contributed by atoms with Gasteiger partial charge in [0.25, 0.3) is 11.5 Å². The van der Waals surface area contributed by atoms with E-state index in [0.29, 0.717) is 11.1 Å². The Balaban J connectivity index is 1.70. The number of carbonyl (C=O) groups is 1. The highest BCUT2D eigenvalue weighted by Gasteiger charge is 2.31. The largest absolute Gasteiger partial charge is 0.388 e. The third kappa shape index (κ3) is 4.34. The fourth-order valence-electron chi connectivity index (χ4n) is 3.77. The molecular weight excluding hydrogens is 442 g/mol. The molecule has 2 aromatic carbocycles. The van der Waals surface area contributed by atoms with Crippen molar-refractivity contribution in [1.82, 2.24) is 19.9 Å². The summed E-state index contributed by atoms with van der Waals surface area (Å²) in [7, 11) is 0. The van der Waals surface area contributed by atoms with Gasteiger partial charge in [0, 0.05) is 11.6 Å². The number of fused-ring (bicyclic) bond motifs is 1. The molecular formula is C25H24F2N4O3. The average Bonchev–Trinajstić information content (AvgIpc) is 3.21. The Bertz CT molecular complexity index is 1450. The van der Waals surface area contributed by atoms with Crippen molar-refractivity contribution in [3.8, 4) is 11.3 Å². The Morgan fingerprint density at radius 1 is 1.15 bits per heavy atom. The lowest BCUT2D eigenvalue weighted by Gasteiger charge is -2.30. The van der Waals surface area contributed by atoms with Gasteiger partial charge in [-0.3, -0.25) is 9.59 Å². The molecule has 9 heteroatoms. The zero-order valence-electron chi connectivity index (χ0n) is 19.1. The molecule has 0 bridgehead atoms. The highest BCUT2D eigenvalue weighted by atomic mass is 19.1. The van der Waals surface area contributed by atoms with Gasteiger partial charge in [-0.1, -0.05) is 18.2 Å². The number of rotatable bonds is 5. The van der Waals surface area contributed by atoms with Crippen LogP contribution in [-0.4, -0.2) is 31.2 Å². The lowest BCUT2D eigenvalue weighted by Crippen LogP contribution is -2.42. The van der Waals surface area contributed by atoms with Crippen LogP contribution in [0.5, 0.6) is 0 Å². The molecule has 3 N–H and O–H groups in total. The van der Waals surface area contributed by atoms with Crippen LogP contribution in [0.25, 0.3) is 16.8 Å². The van der Waals surface area contributed by atoms with Gasteiger partial charge in [0.05, 0.1) is 23.5 Å². The molecule has 176 valence electrons. The molecule has 1 amide bonds. The molecule has 0 unspecified atom stereocenters. The third-order valence-electron chi connectivity index (χ3n) is 5.83. The maximum atomic E-state index is 14.8. The highest BCUT2D eigenvalue weighted by Crippen LogP contribution is 2.27. The van der Waals surface area contributed by atoms with E-state index in [1.807, 2.05) is 0 Å². The predicted octanol–water partition coefficient (Wildman–Crippen LogP) is 3.83. The molecule has 0 fully saturated rings. The van der Waals surface area contributed by atoms with Crippen molar-refractivity contribution in [2.75, 3.05) is 0 Å². The summed E-state index contributed by atoms with van der Waals surface area (Å²) in [6.45, 7) is 6.47. The minimum Gasteiger partial charge on any atom is -0.388 e. The molecule has 7 nitrogen and oxygen atoms in total. The number of hydrogen-bond donors (Lipinski definition) is 3. The van der Waals surface area contributed by atoms with Crippen LogP contribution in [0.2, 0.25) is 0 Å². The summed E-state index contributed by atoms with van der Waals surface area (Å²) >= 11 is 0. The van der Waals surface area contributed by atoms with E-state index in [-0.39, 0.29) is 22.5 Å². The molecule has 0 saturated carbocycles. The van der Waals surface area contributed by atoms with Gasteiger partial charge in [0.1, 0.15) is 17.2 Å². The van der Waals surface area contributed by atoms with Crippen LogP contribution in [0.1, 0.15) is 47.1 Å². The zero-order chi connectivity index (χ0) is 24.8. The van der Waals surface area contributed by atoms with Gasteiger partial charge < -0.3 is 15.4 Å². The maximum absolute atomic E-state index is 14.8. The van der Waals surface area contributed by atoms with Gasteiger partial charge in [-0.05, 0) is 62.6 Å². The second-order valence-electron chi connectivity index (χ2n) is 8.84. The Labute approximate surface area is 194 Å². The molecule has 1 atom stereocenters. The van der Waals surface area contributed by atoms with Crippen molar-refractivity contribution < 1.29 is 18.7 Å². The number of aliphatic hydroxyl groups is 1. The summed E-state index contributed by atoms with van der Waals surface area (Å²) in [5, 5.41) is 17.5. The van der Waals surface area contributed by atoms with E-state index < -0.39 is 34.7 Å². The first-order chi connectivity index (χ1) is 16.0. The average molecular weight is 466 g/mol. The molecule has 0 saturated heterocycles. The number of hydrogen-bond acceptors (Lipinski definition) is 4. The number of aromatic amines is 1. The fourth-order valence-corrected chi connectivity index (χ4v) is 3.77. The minimum absolute atomic E-state index is 0.0698. The molecule has 4 rings (SSSR count). The molecule has 0 spiro atoms. The van der Waals surface area contributed by atoms with E-state index >= 15 is 0 Å². The smallest absolute Gasteiger partial charge is 0.274 e. The number of aromatic nitrogens is 3. The van der Waals surface area contributed by atoms with Gasteiger partial charge in [-0.15, -0.1) is 0 Å². The van der Waals surface area contributed by atoms with Gasteiger partial charge in [-0.25, -0.2) is 13.3 Å². The van der Waals surface area contributed by atoms with Crippen molar-refractivity contribution in [1.29, 1.82) is 0 Å². The van der Waals surface area contributed by atoms with E-state index in [1.54, 1.807) is 26.0 Å². The fraction of sp³-hybridized carbons (Fsp3) is 0.240. The molecule has 2 aromatic heterocycles. The Kier molecular flexibility index (Phi) is 5.82. The van der Waals surface area contributed by atoms with Crippen LogP contribution in [0, 0.1) is 25.5 Å². The number of H-pyrrole nitrogens is 1. The number of nitrogens with one attached hydrogen (secondary N) is 2. The number of aryl methyl sites for hydroxylation is 1. The van der Waals surface area contributed by atoms with Crippen LogP contribution in [-0.2, 0) is 0 Å². The number of nitrogens with zero attached hydrogens (tertiary/aromatic N) is 2. The van der Waals surface area contributed by atoms with Crippen molar-refractivity contribution in [3.63, 3.8) is 0 Å². The van der Waals surface area contributed by atoms with Crippen LogP contribution in [0.4, 0.5) is 8.78 Å². The zero-order valence-corrected chi connectivity index (χ0v) is 19.1. The summed E-state index contributed by atoms with van der Waals surface area (Å²) in [6, 6.07) is 9.17. The molecule has 0 aliphatic carbocycles. The van der Waals surface area contributed by atoms with E-state index in [1.165, 1.54) is 54.9 Å². The topological polar surface area (TPSA) is 99.5 Å². The summed E-state index contributed by atoms with van der Waals surface area (Å²) in [5.74, 6) is -1.54. The van der Waals surface area contributed by atoms with Gasteiger partial charge in [-0.2, -0.15) is 5.10 Å². The molecule has 4 aromatic rings. The molecule has 0 aliphatic heterocycles. The van der Waals surface area contributed by atoms with Crippen LogP contribution >= 0.6 is 0 Å². The Hall–Kier alpha value is -3.85. The van der Waals surface area contributed by atoms with Gasteiger partial charge in [0.2, 0.25) is 0 Å². The van der Waals surface area contributed by atoms with Crippen LogP contribution in [0.15, 0.2) is 53.5 Å². The van der Waals surface area contributed by atoms with E-state index in [2.05, 4.69) is 15.4 Å². The van der Waals surface area contributed by atoms with Gasteiger partial charge >= 0.3 is 0 Å². The van der Waals surface area contributed by atoms with Crippen molar-refractivity contribution in [3.05, 3.63) is 93.0 Å². The third-order valence-corrected chi connectivity index (χ3v) is 5.83. The second kappa shape index (κ2) is 8.49. The number of carbonyl (C=O) groups excluding carboxylic acids is 1. The molecule has 0 aliphatic rings. The van der Waals surface area contributed by atoms with Crippen LogP contribution < -0.4 is 10.9 Å².